The van der Waals surface area contributed by atoms with Crippen LogP contribution in [0.3, 0.4) is 0 Å². The average molecular weight is 329 g/mol. The van der Waals surface area contributed by atoms with Gasteiger partial charge < -0.3 is 15.4 Å². The van der Waals surface area contributed by atoms with Crippen molar-refractivity contribution in [3.05, 3.63) is 34.3 Å². The first kappa shape index (κ1) is 16.1. The Kier molecular flexibility index (Phi) is 8.45. The van der Waals surface area contributed by atoms with Gasteiger partial charge in [0.25, 0.3) is 0 Å². The second-order valence-electron chi connectivity index (χ2n) is 4.18. The zero-order valence-electron chi connectivity index (χ0n) is 11.2. The van der Waals surface area contributed by atoms with Gasteiger partial charge in [0.2, 0.25) is 5.91 Å². The molecule has 0 spiro atoms. The Morgan fingerprint density at radius 2 is 2.05 bits per heavy atom. The smallest absolute Gasteiger partial charge is 0.220 e. The molecule has 0 saturated carbocycles. The van der Waals surface area contributed by atoms with Gasteiger partial charge in [-0.3, -0.25) is 4.79 Å². The number of hydrogen-bond donors (Lipinski definition) is 2. The Balaban J connectivity index is 2.10. The number of halogens is 1. The van der Waals surface area contributed by atoms with Crippen LogP contribution < -0.4 is 10.6 Å². The predicted molar refractivity (Wildman–Crippen MR) is 80.2 cm³/mol. The first-order valence-electron chi connectivity index (χ1n) is 6.44. The third-order valence-corrected chi connectivity index (χ3v) is 3.46. The molecule has 0 aromatic heterocycles. The van der Waals surface area contributed by atoms with Crippen LogP contribution in [0, 0.1) is 0 Å². The molecule has 0 unspecified atom stereocenters. The van der Waals surface area contributed by atoms with E-state index < -0.39 is 0 Å². The maximum absolute atomic E-state index is 11.6. The van der Waals surface area contributed by atoms with E-state index in [-0.39, 0.29) is 5.91 Å². The van der Waals surface area contributed by atoms with Gasteiger partial charge in [-0.15, -0.1) is 0 Å². The summed E-state index contributed by atoms with van der Waals surface area (Å²) in [6.07, 6.45) is 1.27. The Labute approximate surface area is 123 Å². The van der Waals surface area contributed by atoms with Crippen LogP contribution in [0.15, 0.2) is 28.7 Å². The molecule has 0 radical (unpaired) electrons. The van der Waals surface area contributed by atoms with E-state index in [1.54, 1.807) is 7.11 Å². The van der Waals surface area contributed by atoms with Gasteiger partial charge in [0, 0.05) is 37.6 Å². The molecule has 0 aliphatic heterocycles. The van der Waals surface area contributed by atoms with E-state index in [1.807, 2.05) is 24.3 Å². The molecule has 0 atom stereocenters. The average Bonchev–Trinajstić information content (AvgIpc) is 2.42. The summed E-state index contributed by atoms with van der Waals surface area (Å²) in [5, 5.41) is 6.07. The monoisotopic (exact) mass is 328 g/mol. The van der Waals surface area contributed by atoms with Gasteiger partial charge in [-0.2, -0.15) is 0 Å². The van der Waals surface area contributed by atoms with Crippen LogP contribution in [-0.2, 0) is 16.0 Å². The lowest BCUT2D eigenvalue weighted by Gasteiger charge is -2.07. The van der Waals surface area contributed by atoms with Gasteiger partial charge in [-0.1, -0.05) is 34.1 Å². The first-order valence-corrected chi connectivity index (χ1v) is 7.23. The van der Waals surface area contributed by atoms with Crippen LogP contribution in [0.5, 0.6) is 0 Å². The number of amides is 1. The van der Waals surface area contributed by atoms with Crippen molar-refractivity contribution in [2.75, 3.05) is 33.4 Å². The number of ether oxygens (including phenoxy) is 1. The van der Waals surface area contributed by atoms with E-state index in [1.165, 1.54) is 0 Å². The van der Waals surface area contributed by atoms with E-state index in [2.05, 4.69) is 26.6 Å². The molecule has 1 amide bonds. The third-order valence-electron chi connectivity index (χ3n) is 2.69. The van der Waals surface area contributed by atoms with Crippen LogP contribution in [0.2, 0.25) is 0 Å². The second-order valence-corrected chi connectivity index (χ2v) is 5.04. The van der Waals surface area contributed by atoms with Crippen molar-refractivity contribution in [2.24, 2.45) is 0 Å². The fraction of sp³-hybridized carbons (Fsp3) is 0.500. The highest BCUT2D eigenvalue weighted by Gasteiger charge is 2.03. The number of rotatable bonds is 9. The number of carbonyl (C=O) groups is 1. The van der Waals surface area contributed by atoms with E-state index in [0.717, 1.165) is 29.5 Å². The summed E-state index contributed by atoms with van der Waals surface area (Å²) >= 11 is 3.48. The number of methoxy groups -OCH3 is 1. The third kappa shape index (κ3) is 7.30. The highest BCUT2D eigenvalue weighted by Crippen LogP contribution is 2.17. The lowest BCUT2D eigenvalue weighted by Crippen LogP contribution is -2.33. The highest BCUT2D eigenvalue weighted by atomic mass is 79.9. The highest BCUT2D eigenvalue weighted by molar-refractivity contribution is 9.10. The summed E-state index contributed by atoms with van der Waals surface area (Å²) in [6, 6.07) is 7.98. The maximum Gasteiger partial charge on any atom is 0.220 e. The van der Waals surface area contributed by atoms with E-state index in [9.17, 15) is 4.79 Å². The van der Waals surface area contributed by atoms with Gasteiger partial charge in [-0.25, -0.2) is 0 Å². The van der Waals surface area contributed by atoms with Crippen LogP contribution >= 0.6 is 15.9 Å². The van der Waals surface area contributed by atoms with Gasteiger partial charge in [0.15, 0.2) is 0 Å². The molecular formula is C14H21BrN2O2. The van der Waals surface area contributed by atoms with Gasteiger partial charge >= 0.3 is 0 Å². The van der Waals surface area contributed by atoms with Crippen molar-refractivity contribution in [2.45, 2.75) is 12.8 Å². The number of benzene rings is 1. The molecule has 106 valence electrons. The van der Waals surface area contributed by atoms with Crippen LogP contribution in [0.4, 0.5) is 0 Å². The van der Waals surface area contributed by atoms with Crippen LogP contribution in [0.1, 0.15) is 12.0 Å². The normalized spacial score (nSPS) is 10.4. The maximum atomic E-state index is 11.6. The van der Waals surface area contributed by atoms with Crippen molar-refractivity contribution < 1.29 is 9.53 Å². The lowest BCUT2D eigenvalue weighted by atomic mass is 10.1. The zero-order valence-corrected chi connectivity index (χ0v) is 12.8. The molecule has 1 aromatic carbocycles. The molecule has 0 saturated heterocycles. The number of aryl methyl sites for hydroxylation is 1. The van der Waals surface area contributed by atoms with E-state index in [4.69, 9.17) is 4.74 Å². The summed E-state index contributed by atoms with van der Waals surface area (Å²) in [5.41, 5.74) is 1.16. The van der Waals surface area contributed by atoms with Crippen molar-refractivity contribution in [3.63, 3.8) is 0 Å². The fourth-order valence-electron chi connectivity index (χ4n) is 1.63. The molecule has 2 N–H and O–H groups in total. The predicted octanol–water partition coefficient (Wildman–Crippen LogP) is 1.73. The minimum atomic E-state index is 0.0873. The number of hydrogen-bond acceptors (Lipinski definition) is 3. The first-order chi connectivity index (χ1) is 9.24. The Hall–Kier alpha value is -0.910. The molecule has 1 rings (SSSR count). The molecule has 4 nitrogen and oxygen atoms in total. The fourth-order valence-corrected chi connectivity index (χ4v) is 2.11. The van der Waals surface area contributed by atoms with E-state index >= 15 is 0 Å². The molecule has 5 heteroatoms. The zero-order chi connectivity index (χ0) is 13.9. The van der Waals surface area contributed by atoms with Crippen molar-refractivity contribution >= 4 is 21.8 Å². The SMILES string of the molecule is COCCNCCNC(=O)CCc1ccccc1Br. The Morgan fingerprint density at radius 3 is 2.79 bits per heavy atom. The molecular weight excluding hydrogens is 308 g/mol. The minimum Gasteiger partial charge on any atom is -0.383 e. The number of nitrogens with one attached hydrogen (secondary N) is 2. The Morgan fingerprint density at radius 1 is 1.26 bits per heavy atom. The van der Waals surface area contributed by atoms with Gasteiger partial charge in [0.05, 0.1) is 6.61 Å². The van der Waals surface area contributed by atoms with Gasteiger partial charge in [0.1, 0.15) is 0 Å². The van der Waals surface area contributed by atoms with E-state index in [0.29, 0.717) is 19.6 Å². The summed E-state index contributed by atoms with van der Waals surface area (Å²) in [7, 11) is 1.67. The van der Waals surface area contributed by atoms with Crippen LogP contribution in [0.25, 0.3) is 0 Å². The molecule has 0 fully saturated rings. The molecule has 1 aromatic rings. The Bertz CT molecular complexity index is 385. The molecule has 19 heavy (non-hydrogen) atoms. The molecule has 0 aliphatic rings. The summed E-state index contributed by atoms with van der Waals surface area (Å²) in [5.74, 6) is 0.0873. The molecule has 0 bridgehead atoms. The molecule has 0 heterocycles. The van der Waals surface area contributed by atoms with Crippen LogP contribution in [-0.4, -0.2) is 39.3 Å². The largest absolute Gasteiger partial charge is 0.383 e. The topological polar surface area (TPSA) is 50.4 Å². The van der Waals surface area contributed by atoms with Gasteiger partial charge in [-0.05, 0) is 18.1 Å². The lowest BCUT2D eigenvalue weighted by molar-refractivity contribution is -0.121. The van der Waals surface area contributed by atoms with Crippen molar-refractivity contribution in [1.29, 1.82) is 0 Å². The number of carbonyl (C=O) groups excluding carboxylic acids is 1. The summed E-state index contributed by atoms with van der Waals surface area (Å²) in [6.45, 7) is 2.92. The van der Waals surface area contributed by atoms with Crippen molar-refractivity contribution in [1.82, 2.24) is 10.6 Å². The standard InChI is InChI=1S/C14H21BrN2O2/c1-19-11-10-16-8-9-17-14(18)7-6-12-4-2-3-5-13(12)15/h2-5,16H,6-11H2,1H3,(H,17,18). The minimum absolute atomic E-state index is 0.0873. The second kappa shape index (κ2) is 9.95. The van der Waals surface area contributed by atoms with Crippen molar-refractivity contribution in [3.8, 4) is 0 Å². The summed E-state index contributed by atoms with van der Waals surface area (Å²) < 4.78 is 5.97. The quantitative estimate of drug-likeness (QED) is 0.679. The summed E-state index contributed by atoms with van der Waals surface area (Å²) in [4.78, 5) is 11.6. The molecule has 0 aliphatic carbocycles.